The molecule has 7 nitrogen and oxygen atoms in total. The van der Waals surface area contributed by atoms with Gasteiger partial charge in [0.15, 0.2) is 6.10 Å². The molecule has 1 heterocycles. The van der Waals surface area contributed by atoms with Crippen LogP contribution in [-0.4, -0.2) is 37.5 Å². The van der Waals surface area contributed by atoms with E-state index in [1.165, 1.54) is 14.0 Å². The molecule has 1 saturated heterocycles. The fourth-order valence-electron chi connectivity index (χ4n) is 3.16. The average Bonchev–Trinajstić information content (AvgIpc) is 3.14. The second-order valence-electron chi connectivity index (χ2n) is 6.94. The van der Waals surface area contributed by atoms with Gasteiger partial charge in [-0.3, -0.25) is 9.59 Å². The molecule has 0 aliphatic carbocycles. The van der Waals surface area contributed by atoms with Crippen LogP contribution in [0.4, 0.5) is 11.4 Å². The zero-order valence-electron chi connectivity index (χ0n) is 16.7. The Morgan fingerprint density at radius 3 is 2.66 bits per heavy atom. The monoisotopic (exact) mass is 396 g/mol. The van der Waals surface area contributed by atoms with Crippen LogP contribution in [0.25, 0.3) is 0 Å². The maximum Gasteiger partial charge on any atom is 0.338 e. The van der Waals surface area contributed by atoms with Gasteiger partial charge in [-0.15, -0.1) is 0 Å². The summed E-state index contributed by atoms with van der Waals surface area (Å²) in [5, 5.41) is 2.73. The Balaban J connectivity index is 1.67. The number of esters is 1. The molecule has 2 amide bonds. The molecule has 29 heavy (non-hydrogen) atoms. The van der Waals surface area contributed by atoms with Gasteiger partial charge in [0.05, 0.1) is 18.4 Å². The molecule has 0 saturated carbocycles. The van der Waals surface area contributed by atoms with E-state index in [1.807, 2.05) is 13.0 Å². The Bertz CT molecular complexity index is 941. The Hall–Kier alpha value is -3.35. The zero-order chi connectivity index (χ0) is 21.0. The number of carbonyl (C=O) groups is 3. The van der Waals surface area contributed by atoms with Gasteiger partial charge in [0, 0.05) is 18.7 Å². The highest BCUT2D eigenvalue weighted by atomic mass is 16.5. The van der Waals surface area contributed by atoms with Crippen LogP contribution in [0.15, 0.2) is 42.5 Å². The molecule has 3 rings (SSSR count). The van der Waals surface area contributed by atoms with E-state index in [-0.39, 0.29) is 11.5 Å². The molecule has 7 heteroatoms. The summed E-state index contributed by atoms with van der Waals surface area (Å²) in [6.07, 6.45) is 0.298. The van der Waals surface area contributed by atoms with Gasteiger partial charge in [0.25, 0.3) is 5.91 Å². The van der Waals surface area contributed by atoms with Gasteiger partial charge in [-0.1, -0.05) is 12.1 Å². The number of hydrogen-bond donors (Lipinski definition) is 1. The van der Waals surface area contributed by atoms with Gasteiger partial charge < -0.3 is 19.7 Å². The molecule has 2 aromatic rings. The Morgan fingerprint density at radius 1 is 1.17 bits per heavy atom. The number of ether oxygens (including phenoxy) is 2. The van der Waals surface area contributed by atoms with E-state index < -0.39 is 18.0 Å². The van der Waals surface area contributed by atoms with Crippen molar-refractivity contribution in [3.05, 3.63) is 53.6 Å². The highest BCUT2D eigenvalue weighted by molar-refractivity contribution is 6.00. The summed E-state index contributed by atoms with van der Waals surface area (Å²) in [5.41, 5.74) is 2.41. The number of carbonyl (C=O) groups excluding carboxylic acids is 3. The molecule has 0 aromatic heterocycles. The SMILES string of the molecule is COc1ccc(C)cc1NC(=O)[C@H](C)OC(=O)c1cccc(N2CCCC2=O)c1. The van der Waals surface area contributed by atoms with Gasteiger partial charge in [-0.2, -0.15) is 0 Å². The van der Waals surface area contributed by atoms with Gasteiger partial charge in [-0.05, 0) is 56.2 Å². The summed E-state index contributed by atoms with van der Waals surface area (Å²) < 4.78 is 10.6. The lowest BCUT2D eigenvalue weighted by Gasteiger charge is -2.18. The number of aryl methyl sites for hydroxylation is 1. The quantitative estimate of drug-likeness (QED) is 0.757. The van der Waals surface area contributed by atoms with Crippen molar-refractivity contribution in [3.63, 3.8) is 0 Å². The molecule has 1 fully saturated rings. The first-order chi connectivity index (χ1) is 13.9. The van der Waals surface area contributed by atoms with Gasteiger partial charge in [0.2, 0.25) is 5.91 Å². The largest absolute Gasteiger partial charge is 0.495 e. The average molecular weight is 396 g/mol. The van der Waals surface area contributed by atoms with Crippen LogP contribution in [0, 0.1) is 6.92 Å². The number of nitrogens with zero attached hydrogens (tertiary/aromatic N) is 1. The second-order valence-corrected chi connectivity index (χ2v) is 6.94. The molecule has 1 aliphatic heterocycles. The van der Waals surface area contributed by atoms with Crippen molar-refractivity contribution < 1.29 is 23.9 Å². The van der Waals surface area contributed by atoms with Crippen molar-refractivity contribution in [3.8, 4) is 5.75 Å². The van der Waals surface area contributed by atoms with E-state index in [0.717, 1.165) is 12.0 Å². The summed E-state index contributed by atoms with van der Waals surface area (Å²) in [5.74, 6) is -0.536. The van der Waals surface area contributed by atoms with Gasteiger partial charge in [-0.25, -0.2) is 4.79 Å². The first kappa shape index (κ1) is 20.4. The van der Waals surface area contributed by atoms with E-state index in [1.54, 1.807) is 41.3 Å². The van der Waals surface area contributed by atoms with Crippen LogP contribution in [-0.2, 0) is 14.3 Å². The summed E-state index contributed by atoms with van der Waals surface area (Å²) in [6, 6.07) is 12.1. The smallest absolute Gasteiger partial charge is 0.338 e. The van der Waals surface area contributed by atoms with Crippen LogP contribution in [0.1, 0.15) is 35.7 Å². The molecule has 152 valence electrons. The third-order valence-electron chi connectivity index (χ3n) is 4.73. The Kier molecular flexibility index (Phi) is 6.16. The molecular weight excluding hydrogens is 372 g/mol. The van der Waals surface area contributed by atoms with Crippen LogP contribution >= 0.6 is 0 Å². The topological polar surface area (TPSA) is 84.9 Å². The molecular formula is C22H24N2O5. The summed E-state index contributed by atoms with van der Waals surface area (Å²) >= 11 is 0. The number of nitrogens with one attached hydrogen (secondary N) is 1. The maximum atomic E-state index is 12.5. The van der Waals surface area contributed by atoms with Gasteiger partial charge in [0.1, 0.15) is 5.75 Å². The van der Waals surface area contributed by atoms with E-state index in [2.05, 4.69) is 5.32 Å². The Labute approximate surface area is 169 Å². The molecule has 0 bridgehead atoms. The normalized spacial score (nSPS) is 14.4. The predicted octanol–water partition coefficient (Wildman–Crippen LogP) is 3.31. The number of amides is 2. The number of benzene rings is 2. The van der Waals surface area contributed by atoms with Crippen molar-refractivity contribution in [2.45, 2.75) is 32.8 Å². The van der Waals surface area contributed by atoms with E-state index in [0.29, 0.717) is 30.1 Å². The maximum absolute atomic E-state index is 12.5. The van der Waals surface area contributed by atoms with Crippen molar-refractivity contribution in [2.24, 2.45) is 0 Å². The fourth-order valence-corrected chi connectivity index (χ4v) is 3.16. The van der Waals surface area contributed by atoms with Crippen LogP contribution in [0.3, 0.4) is 0 Å². The van der Waals surface area contributed by atoms with E-state index >= 15 is 0 Å². The predicted molar refractivity (Wildman–Crippen MR) is 109 cm³/mol. The first-order valence-electron chi connectivity index (χ1n) is 9.46. The van der Waals surface area contributed by atoms with Crippen LogP contribution in [0.2, 0.25) is 0 Å². The second kappa shape index (κ2) is 8.77. The minimum atomic E-state index is -1.01. The first-order valence-corrected chi connectivity index (χ1v) is 9.46. The number of hydrogen-bond acceptors (Lipinski definition) is 5. The zero-order valence-corrected chi connectivity index (χ0v) is 16.7. The molecule has 0 radical (unpaired) electrons. The highest BCUT2D eigenvalue weighted by Gasteiger charge is 2.24. The van der Waals surface area contributed by atoms with E-state index in [9.17, 15) is 14.4 Å². The van der Waals surface area contributed by atoms with Crippen molar-refractivity contribution >= 4 is 29.2 Å². The fraction of sp³-hybridized carbons (Fsp3) is 0.318. The van der Waals surface area contributed by atoms with Crippen LogP contribution in [0.5, 0.6) is 5.75 Å². The van der Waals surface area contributed by atoms with Crippen molar-refractivity contribution in [1.82, 2.24) is 0 Å². The van der Waals surface area contributed by atoms with Crippen LogP contribution < -0.4 is 15.0 Å². The lowest BCUT2D eigenvalue weighted by molar-refractivity contribution is -0.123. The van der Waals surface area contributed by atoms with E-state index in [4.69, 9.17) is 9.47 Å². The number of methoxy groups -OCH3 is 1. The lowest BCUT2D eigenvalue weighted by Crippen LogP contribution is -2.30. The summed E-state index contributed by atoms with van der Waals surface area (Å²) in [6.45, 7) is 4.04. The van der Waals surface area contributed by atoms with Crippen molar-refractivity contribution in [1.29, 1.82) is 0 Å². The molecule has 0 unspecified atom stereocenters. The number of rotatable bonds is 6. The number of anilines is 2. The minimum Gasteiger partial charge on any atom is -0.495 e. The standard InChI is InChI=1S/C22H24N2O5/c1-14-9-10-19(28-3)18(12-14)23-21(26)15(2)29-22(27)16-6-4-7-17(13-16)24-11-5-8-20(24)25/h4,6-7,9-10,12-13,15H,5,8,11H2,1-3H3,(H,23,26)/t15-/m0/s1. The molecule has 1 atom stereocenters. The third kappa shape index (κ3) is 4.74. The summed E-state index contributed by atoms with van der Waals surface area (Å²) in [7, 11) is 1.52. The summed E-state index contributed by atoms with van der Waals surface area (Å²) in [4.78, 5) is 38.6. The molecule has 0 spiro atoms. The molecule has 1 N–H and O–H groups in total. The minimum absolute atomic E-state index is 0.0374. The van der Waals surface area contributed by atoms with Crippen molar-refractivity contribution in [2.75, 3.05) is 23.9 Å². The Morgan fingerprint density at radius 2 is 1.97 bits per heavy atom. The molecule has 1 aliphatic rings. The van der Waals surface area contributed by atoms with Gasteiger partial charge >= 0.3 is 5.97 Å². The highest BCUT2D eigenvalue weighted by Crippen LogP contribution is 2.26. The molecule has 2 aromatic carbocycles. The lowest BCUT2D eigenvalue weighted by atomic mass is 10.2. The third-order valence-corrected chi connectivity index (χ3v) is 4.73.